The average Bonchev–Trinajstić information content (AvgIpc) is 3.15. The van der Waals surface area contributed by atoms with Crippen LogP contribution in [-0.2, 0) is 0 Å². The van der Waals surface area contributed by atoms with E-state index in [0.29, 0.717) is 17.8 Å². The van der Waals surface area contributed by atoms with Gasteiger partial charge in [-0.05, 0) is 43.9 Å². The third-order valence-corrected chi connectivity index (χ3v) is 4.65. The number of hydrogen-bond acceptors (Lipinski definition) is 3. The van der Waals surface area contributed by atoms with E-state index < -0.39 is 0 Å². The smallest absolute Gasteiger partial charge is 0.272 e. The van der Waals surface area contributed by atoms with Gasteiger partial charge in [-0.2, -0.15) is 5.10 Å². The predicted molar refractivity (Wildman–Crippen MR) is 84.0 cm³/mol. The number of rotatable bonds is 3. The Kier molecular flexibility index (Phi) is 3.42. The van der Waals surface area contributed by atoms with Crippen LogP contribution >= 0.6 is 0 Å². The normalized spacial score (nSPS) is 26.8. The van der Waals surface area contributed by atoms with Crippen molar-refractivity contribution < 1.29 is 4.79 Å². The predicted octanol–water partition coefficient (Wildman–Crippen LogP) is 1.89. The molecule has 1 aromatic carbocycles. The Morgan fingerprint density at radius 1 is 1.14 bits per heavy atom. The summed E-state index contributed by atoms with van der Waals surface area (Å²) in [6.45, 7) is 0. The zero-order valence-corrected chi connectivity index (χ0v) is 12.4. The first-order valence-corrected chi connectivity index (χ1v) is 7.96. The van der Waals surface area contributed by atoms with Crippen LogP contribution in [0.1, 0.15) is 36.2 Å². The van der Waals surface area contributed by atoms with Crippen molar-refractivity contribution in [1.82, 2.24) is 20.4 Å². The third-order valence-electron chi connectivity index (χ3n) is 4.65. The first kappa shape index (κ1) is 13.5. The van der Waals surface area contributed by atoms with Crippen LogP contribution in [0.5, 0.6) is 0 Å². The minimum absolute atomic E-state index is 0.0685. The Hall–Kier alpha value is -2.14. The molecule has 2 unspecified atom stereocenters. The Morgan fingerprint density at radius 2 is 1.86 bits per heavy atom. The molecule has 2 atom stereocenters. The number of hydrogen-bond donors (Lipinski definition) is 2. The molecular formula is C17H20N4O. The summed E-state index contributed by atoms with van der Waals surface area (Å²) in [5, 5.41) is 11.1. The maximum atomic E-state index is 12.4. The average molecular weight is 296 g/mol. The second-order valence-corrected chi connectivity index (χ2v) is 6.26. The number of nitrogens with zero attached hydrogens (tertiary/aromatic N) is 2. The van der Waals surface area contributed by atoms with Crippen molar-refractivity contribution >= 4 is 5.91 Å². The number of para-hydroxylation sites is 1. The molecule has 5 nitrogen and oxygen atoms in total. The fourth-order valence-corrected chi connectivity index (χ4v) is 3.60. The molecule has 0 aliphatic carbocycles. The highest BCUT2D eigenvalue weighted by molar-refractivity contribution is 5.92. The Morgan fingerprint density at radius 3 is 2.59 bits per heavy atom. The summed E-state index contributed by atoms with van der Waals surface area (Å²) in [7, 11) is 0. The number of carbonyl (C=O) groups excluding carboxylic acids is 1. The molecule has 2 N–H and O–H groups in total. The van der Waals surface area contributed by atoms with Gasteiger partial charge in [-0.1, -0.05) is 18.2 Å². The summed E-state index contributed by atoms with van der Waals surface area (Å²) in [5.41, 5.74) is 1.44. The molecule has 4 rings (SSSR count). The lowest BCUT2D eigenvalue weighted by Gasteiger charge is -2.29. The van der Waals surface area contributed by atoms with Crippen molar-refractivity contribution in [3.63, 3.8) is 0 Å². The van der Waals surface area contributed by atoms with Crippen molar-refractivity contribution in [2.45, 2.75) is 43.8 Å². The minimum Gasteiger partial charge on any atom is -0.348 e. The summed E-state index contributed by atoms with van der Waals surface area (Å²) in [5.74, 6) is -0.0685. The van der Waals surface area contributed by atoms with E-state index in [4.69, 9.17) is 0 Å². The van der Waals surface area contributed by atoms with Gasteiger partial charge in [0.05, 0.1) is 5.69 Å². The van der Waals surface area contributed by atoms with Gasteiger partial charge in [0.25, 0.3) is 5.91 Å². The monoisotopic (exact) mass is 296 g/mol. The van der Waals surface area contributed by atoms with Gasteiger partial charge in [-0.15, -0.1) is 0 Å². The second-order valence-electron chi connectivity index (χ2n) is 6.26. The van der Waals surface area contributed by atoms with Crippen molar-refractivity contribution in [3.8, 4) is 5.69 Å². The molecule has 2 saturated heterocycles. The molecule has 0 saturated carbocycles. The first-order chi connectivity index (χ1) is 10.8. The van der Waals surface area contributed by atoms with E-state index in [0.717, 1.165) is 18.5 Å². The Balaban J connectivity index is 1.44. The molecule has 2 aliphatic rings. The van der Waals surface area contributed by atoms with E-state index in [1.807, 2.05) is 36.5 Å². The van der Waals surface area contributed by atoms with Gasteiger partial charge in [-0.3, -0.25) is 4.79 Å². The van der Waals surface area contributed by atoms with Crippen LogP contribution in [0.25, 0.3) is 5.69 Å². The highest BCUT2D eigenvalue weighted by atomic mass is 16.2. The highest BCUT2D eigenvalue weighted by Gasteiger charge is 2.34. The van der Waals surface area contributed by atoms with Gasteiger partial charge < -0.3 is 10.6 Å². The van der Waals surface area contributed by atoms with E-state index in [-0.39, 0.29) is 11.9 Å². The minimum atomic E-state index is -0.0685. The molecule has 22 heavy (non-hydrogen) atoms. The lowest BCUT2D eigenvalue weighted by molar-refractivity contribution is 0.0918. The molecule has 2 bridgehead atoms. The summed E-state index contributed by atoms with van der Waals surface area (Å²) in [6, 6.07) is 13.0. The van der Waals surface area contributed by atoms with Crippen molar-refractivity contribution in [1.29, 1.82) is 0 Å². The van der Waals surface area contributed by atoms with Crippen LogP contribution in [-0.4, -0.2) is 33.8 Å². The van der Waals surface area contributed by atoms with Gasteiger partial charge >= 0.3 is 0 Å². The van der Waals surface area contributed by atoms with Crippen molar-refractivity contribution in [3.05, 3.63) is 48.3 Å². The maximum absolute atomic E-state index is 12.4. The summed E-state index contributed by atoms with van der Waals surface area (Å²) in [4.78, 5) is 12.4. The van der Waals surface area contributed by atoms with Crippen LogP contribution in [0.2, 0.25) is 0 Å². The number of amides is 1. The molecule has 0 radical (unpaired) electrons. The van der Waals surface area contributed by atoms with E-state index in [1.165, 1.54) is 12.8 Å². The zero-order valence-electron chi connectivity index (χ0n) is 12.4. The molecule has 1 amide bonds. The van der Waals surface area contributed by atoms with Crippen LogP contribution in [0, 0.1) is 0 Å². The molecular weight excluding hydrogens is 276 g/mol. The topological polar surface area (TPSA) is 59.0 Å². The molecule has 3 heterocycles. The van der Waals surface area contributed by atoms with E-state index >= 15 is 0 Å². The van der Waals surface area contributed by atoms with Crippen LogP contribution in [0.4, 0.5) is 0 Å². The quantitative estimate of drug-likeness (QED) is 0.909. The largest absolute Gasteiger partial charge is 0.348 e. The molecule has 0 spiro atoms. The fraction of sp³-hybridized carbons (Fsp3) is 0.412. The maximum Gasteiger partial charge on any atom is 0.272 e. The number of benzene rings is 1. The van der Waals surface area contributed by atoms with Crippen LogP contribution < -0.4 is 10.6 Å². The molecule has 114 valence electrons. The first-order valence-electron chi connectivity index (χ1n) is 7.96. The lowest BCUT2D eigenvalue weighted by atomic mass is 10.00. The fourth-order valence-electron chi connectivity index (χ4n) is 3.60. The molecule has 2 fully saturated rings. The Bertz CT molecular complexity index is 654. The van der Waals surface area contributed by atoms with E-state index in [9.17, 15) is 4.79 Å². The van der Waals surface area contributed by atoms with Gasteiger partial charge in [0.2, 0.25) is 0 Å². The molecule has 5 heteroatoms. The summed E-state index contributed by atoms with van der Waals surface area (Å²) in [6.07, 6.45) is 6.36. The van der Waals surface area contributed by atoms with Crippen LogP contribution in [0.3, 0.4) is 0 Å². The lowest BCUT2D eigenvalue weighted by Crippen LogP contribution is -2.48. The van der Waals surface area contributed by atoms with Gasteiger partial charge in [0.1, 0.15) is 0 Å². The zero-order chi connectivity index (χ0) is 14.9. The van der Waals surface area contributed by atoms with Crippen LogP contribution in [0.15, 0.2) is 42.6 Å². The number of fused-ring (bicyclic) bond motifs is 2. The van der Waals surface area contributed by atoms with Gasteiger partial charge in [0, 0.05) is 24.3 Å². The summed E-state index contributed by atoms with van der Waals surface area (Å²) >= 11 is 0. The summed E-state index contributed by atoms with van der Waals surface area (Å²) < 4.78 is 1.74. The van der Waals surface area contributed by atoms with Gasteiger partial charge in [0.15, 0.2) is 5.69 Å². The van der Waals surface area contributed by atoms with Crippen molar-refractivity contribution in [2.24, 2.45) is 0 Å². The Labute approximate surface area is 129 Å². The van der Waals surface area contributed by atoms with E-state index in [1.54, 1.807) is 10.7 Å². The standard InChI is InChI=1S/C17H20N4O/c22-17(19-14-10-12-6-7-13(11-14)18-12)16-8-9-21(20-16)15-4-2-1-3-5-15/h1-5,8-9,12-14,18H,6-7,10-11H2,(H,19,22). The van der Waals surface area contributed by atoms with Gasteiger partial charge in [-0.25, -0.2) is 4.68 Å². The number of aromatic nitrogens is 2. The second kappa shape index (κ2) is 5.57. The number of carbonyl (C=O) groups is 1. The third kappa shape index (κ3) is 2.64. The number of piperidine rings is 1. The number of nitrogens with one attached hydrogen (secondary N) is 2. The molecule has 1 aromatic heterocycles. The SMILES string of the molecule is O=C(NC1CC2CCC(C1)N2)c1ccn(-c2ccccc2)n1. The highest BCUT2D eigenvalue weighted by Crippen LogP contribution is 2.26. The van der Waals surface area contributed by atoms with Crippen molar-refractivity contribution in [2.75, 3.05) is 0 Å². The molecule has 2 aliphatic heterocycles. The molecule has 2 aromatic rings. The van der Waals surface area contributed by atoms with E-state index in [2.05, 4.69) is 15.7 Å².